The number of nitrogens with two attached hydrogens (primary N) is 1. The maximum absolute atomic E-state index is 13.7. The number of anilines is 1. The predicted molar refractivity (Wildman–Crippen MR) is 235 cm³/mol. The molecule has 0 bridgehead atoms. The predicted octanol–water partition coefficient (Wildman–Crippen LogP) is -8.41. The summed E-state index contributed by atoms with van der Waals surface area (Å²) in [5.41, 5.74) is 4.49. The van der Waals surface area contributed by atoms with E-state index in [0.29, 0.717) is 11.8 Å². The van der Waals surface area contributed by atoms with Gasteiger partial charge in [0, 0.05) is 44.4 Å². The average molecular weight is 1090 g/mol. The van der Waals surface area contributed by atoms with Crippen molar-refractivity contribution >= 4 is 54.9 Å². The minimum absolute atomic E-state index is 0.0840. The summed E-state index contributed by atoms with van der Waals surface area (Å²) in [4.78, 5) is 64.5. The third-order valence-corrected chi connectivity index (χ3v) is 15.3. The second kappa shape index (κ2) is 25.2. The van der Waals surface area contributed by atoms with E-state index in [1.54, 1.807) is 0 Å². The highest BCUT2D eigenvalue weighted by Gasteiger charge is 2.65. The van der Waals surface area contributed by atoms with Crippen LogP contribution < -0.4 is 22.1 Å². The van der Waals surface area contributed by atoms with Gasteiger partial charge in [-0.15, -0.1) is 11.8 Å². The van der Waals surface area contributed by atoms with Gasteiger partial charge < -0.3 is 111 Å². The lowest BCUT2D eigenvalue weighted by atomic mass is 9.88. The van der Waals surface area contributed by atoms with Gasteiger partial charge in [-0.25, -0.2) is 18.7 Å². The van der Waals surface area contributed by atoms with Crippen molar-refractivity contribution < 1.29 is 123 Å². The van der Waals surface area contributed by atoms with Crippen molar-refractivity contribution in [2.24, 2.45) is 0 Å². The Bertz CT molecular complexity index is 2070. The zero-order valence-electron chi connectivity index (χ0n) is 37.8. The monoisotopic (exact) mass is 1090 g/mol. The summed E-state index contributed by atoms with van der Waals surface area (Å²) in [5.74, 6) is -8.02. The Balaban J connectivity index is 1.33. The van der Waals surface area contributed by atoms with Crippen molar-refractivity contribution in [1.29, 1.82) is 0 Å². The fourth-order valence-electron chi connectivity index (χ4n) is 8.12. The van der Waals surface area contributed by atoms with Crippen molar-refractivity contribution in [3.05, 3.63) is 22.7 Å². The number of aliphatic carboxylic acids is 1. The molecule has 22 atom stereocenters. The highest BCUT2D eigenvalue weighted by molar-refractivity contribution is 8.03. The summed E-state index contributed by atoms with van der Waals surface area (Å²) in [6.07, 6.45) is -29.4. The Hall–Kier alpha value is -2.78. The van der Waals surface area contributed by atoms with Gasteiger partial charge in [0.2, 0.25) is 11.8 Å². The van der Waals surface area contributed by atoms with Gasteiger partial charge in [-0.3, -0.25) is 18.7 Å². The number of hydrogen-bond donors (Lipinski definition) is 16. The molecule has 406 valence electrons. The molecule has 34 heteroatoms. The first-order valence-electron chi connectivity index (χ1n) is 21.5. The van der Waals surface area contributed by atoms with Crippen molar-refractivity contribution in [2.75, 3.05) is 49.9 Å². The summed E-state index contributed by atoms with van der Waals surface area (Å²) in [5, 5.41) is 131. The van der Waals surface area contributed by atoms with Gasteiger partial charge in [0.05, 0.1) is 43.3 Å². The van der Waals surface area contributed by atoms with Crippen LogP contribution in [-0.2, 0) is 56.4 Å². The van der Waals surface area contributed by atoms with E-state index in [1.807, 2.05) is 0 Å². The van der Waals surface area contributed by atoms with Crippen LogP contribution in [0.4, 0.5) is 5.82 Å². The van der Waals surface area contributed by atoms with Gasteiger partial charge in [0.25, 0.3) is 5.79 Å². The van der Waals surface area contributed by atoms with Crippen LogP contribution in [0, 0.1) is 0 Å². The Labute approximate surface area is 410 Å². The molecule has 4 aliphatic rings. The number of phosphoric ester groups is 1. The number of phosphoric acid groups is 1. The smallest absolute Gasteiger partial charge is 0.475 e. The van der Waals surface area contributed by atoms with Crippen LogP contribution in [-0.4, -0.2) is 259 Å². The van der Waals surface area contributed by atoms with Gasteiger partial charge >= 0.3 is 19.5 Å². The first-order chi connectivity index (χ1) is 33.3. The average Bonchev–Trinajstić information content (AvgIpc) is 3.59. The molecule has 0 aromatic carbocycles. The van der Waals surface area contributed by atoms with E-state index in [1.165, 1.54) is 13.2 Å². The molecule has 4 saturated heterocycles. The lowest BCUT2D eigenvalue weighted by Gasteiger charge is -2.50. The van der Waals surface area contributed by atoms with E-state index in [9.17, 15) is 89.9 Å². The number of nitrogens with one attached hydrogen (secondary N) is 2. The number of carboxylic acids is 1. The van der Waals surface area contributed by atoms with Crippen LogP contribution >= 0.6 is 31.3 Å². The molecule has 4 aliphatic heterocycles. The van der Waals surface area contributed by atoms with Crippen molar-refractivity contribution in [3.8, 4) is 0 Å². The Morgan fingerprint density at radius 1 is 0.887 bits per heavy atom. The van der Waals surface area contributed by atoms with Crippen LogP contribution in [0.25, 0.3) is 0 Å². The van der Waals surface area contributed by atoms with Crippen LogP contribution in [0.3, 0.4) is 0 Å². The minimum atomic E-state index is -5.86. The number of carboxylic acid groups (broad SMARTS) is 1. The van der Waals surface area contributed by atoms with E-state index in [-0.39, 0.29) is 23.1 Å². The molecule has 2 amide bonds. The number of aliphatic hydroxyl groups excluding tert-OH is 11. The van der Waals surface area contributed by atoms with E-state index in [2.05, 4.69) is 15.6 Å². The number of nitrogens with zero attached hydrogens (tertiary/aromatic N) is 2. The largest absolute Gasteiger partial charge is 0.477 e. The van der Waals surface area contributed by atoms with E-state index in [0.717, 1.165) is 36.4 Å². The van der Waals surface area contributed by atoms with Crippen LogP contribution in [0.2, 0.25) is 0 Å². The molecule has 4 fully saturated rings. The summed E-state index contributed by atoms with van der Waals surface area (Å²) in [6.45, 7) is -0.959. The quantitative estimate of drug-likeness (QED) is 0.0379. The summed E-state index contributed by atoms with van der Waals surface area (Å²) in [6, 6.07) is -1.89. The number of methoxy groups -OCH3 is 1. The number of carbonyl (C=O) groups excluding carboxylic acids is 2. The second-order valence-electron chi connectivity index (χ2n) is 16.6. The fourth-order valence-corrected chi connectivity index (χ4v) is 11.7. The highest BCUT2D eigenvalue weighted by atomic mass is 32.2. The highest BCUT2D eigenvalue weighted by Crippen LogP contribution is 2.53. The zero-order chi connectivity index (χ0) is 52.9. The lowest BCUT2D eigenvalue weighted by molar-refractivity contribution is -0.342. The Morgan fingerprint density at radius 2 is 1.52 bits per heavy atom. The van der Waals surface area contributed by atoms with Gasteiger partial charge in [-0.2, -0.15) is 16.7 Å². The number of rotatable bonds is 22. The second-order valence-corrected chi connectivity index (χ2v) is 20.4. The van der Waals surface area contributed by atoms with Crippen molar-refractivity contribution in [3.63, 3.8) is 0 Å². The molecular weight excluding hydrogens is 1030 g/mol. The maximum atomic E-state index is 13.7. The van der Waals surface area contributed by atoms with E-state index < -0.39 is 179 Å². The zero-order valence-corrected chi connectivity index (χ0v) is 40.3. The molecule has 0 radical (unpaired) electrons. The van der Waals surface area contributed by atoms with Crippen molar-refractivity contribution in [2.45, 2.75) is 141 Å². The first-order valence-corrected chi connectivity index (χ1v) is 25.2. The van der Waals surface area contributed by atoms with Crippen LogP contribution in [0.1, 0.15) is 20.1 Å². The number of aromatic nitrogens is 2. The van der Waals surface area contributed by atoms with Gasteiger partial charge in [0.1, 0.15) is 85.1 Å². The molecule has 17 N–H and O–H groups in total. The molecule has 5 rings (SSSR count). The fraction of sp³-hybridized carbons (Fsp3) is 0.811. The number of aliphatic hydroxyl groups is 11. The molecule has 1 aromatic heterocycles. The maximum Gasteiger partial charge on any atom is 0.475 e. The summed E-state index contributed by atoms with van der Waals surface area (Å²) >= 11 is 1.46. The third-order valence-electron chi connectivity index (χ3n) is 11.6. The standard InChI is InChI=1S/C37H60N5O26PS2/c1-12(45)39-19-25(52)31(71-7-6-70-11-17-23(50)26(53)28(55)34(65-17)66-29-15(9-44)64-33(61-3)20(24(29)51)40-13(2)46)37(35(56)57,67-30(19)21(48)14(47)8-43)68-69(59,60)62-10-16-22(49)27(54)32(63-16)42-5-4-18(38)41-36(42)58/h4-5,14-17,19-34,43-44,47-55H,6-11H2,1-3H3,(H,39,45)(H,40,46)(H,56,57)(H,59,60)(H2,38,41,58)/t14-,15-,16-,17-,19-,20-,21-,22-,23+,24-,25-,26+,27-,28-,29-,30-,31-,32-,33-,34+,37-/m1/s1. The number of amides is 2. The summed E-state index contributed by atoms with van der Waals surface area (Å²) < 4.78 is 58.2. The summed E-state index contributed by atoms with van der Waals surface area (Å²) in [7, 11) is -4.64. The molecule has 0 aliphatic carbocycles. The molecule has 71 heavy (non-hydrogen) atoms. The number of nitrogen functional groups attached to an aromatic ring is 1. The SMILES string of the molecule is CO[C@@H]1O[C@H](CO)[C@@H](O[C@@H]2O[C@H](CSCCS[C@@H]3[C@H](O)[C@@H](NC(C)=O)[C@H]([C@H](O)[C@H](O)CO)O[C@]3(OP(=O)(O)OC[C@H]3O[C@@H](n4ccc(N)nc4=O)[C@H](O)[C@@H]3O)C(=O)O)[C@H](O)[C@H](O)[C@H]2O)[C@H](O)[C@H]1NC(C)=O. The topological polar surface area (TPSA) is 490 Å². The van der Waals surface area contributed by atoms with Crippen molar-refractivity contribution in [1.82, 2.24) is 20.2 Å². The number of ether oxygens (including phenoxy) is 6. The lowest BCUT2D eigenvalue weighted by Crippen LogP contribution is -2.73. The van der Waals surface area contributed by atoms with Gasteiger partial charge in [-0.05, 0) is 6.07 Å². The van der Waals surface area contributed by atoms with Gasteiger partial charge in [-0.1, -0.05) is 0 Å². The molecule has 0 saturated carbocycles. The molecule has 0 spiro atoms. The molecule has 5 heterocycles. The molecule has 1 aromatic rings. The Kier molecular flexibility index (Phi) is 21.0. The van der Waals surface area contributed by atoms with Gasteiger partial charge in [0.15, 0.2) is 18.8 Å². The minimum Gasteiger partial charge on any atom is -0.477 e. The van der Waals surface area contributed by atoms with Crippen LogP contribution in [0.5, 0.6) is 0 Å². The Morgan fingerprint density at radius 3 is 2.11 bits per heavy atom. The van der Waals surface area contributed by atoms with Crippen LogP contribution in [0.15, 0.2) is 17.1 Å². The molecule has 1 unspecified atom stereocenters. The first kappa shape index (κ1) is 59.1. The molecular formula is C37H60N5O26PS2. The number of carbonyl (C=O) groups is 3. The van der Waals surface area contributed by atoms with E-state index >= 15 is 0 Å². The van der Waals surface area contributed by atoms with E-state index in [4.69, 9.17) is 43.2 Å². The normalized spacial score (nSPS) is 39.3. The molecule has 31 nitrogen and oxygen atoms in total. The number of thioether (sulfide) groups is 2. The third kappa shape index (κ3) is 13.6. The number of hydrogen-bond acceptors (Lipinski definition) is 28.